The third kappa shape index (κ3) is 2.87. The van der Waals surface area contributed by atoms with Crippen molar-refractivity contribution in [1.29, 1.82) is 0 Å². The molecule has 0 aliphatic rings. The molecule has 1 aromatic heterocycles. The van der Waals surface area contributed by atoms with Gasteiger partial charge in [0.15, 0.2) is 0 Å². The van der Waals surface area contributed by atoms with Gasteiger partial charge in [0.05, 0.1) is 0 Å². The molecule has 0 unspecified atom stereocenters. The summed E-state index contributed by atoms with van der Waals surface area (Å²) in [5, 5.41) is 0. The van der Waals surface area contributed by atoms with E-state index in [1.807, 2.05) is 12.4 Å². The first-order valence-electron chi connectivity index (χ1n) is 5.16. The molecule has 0 amide bonds. The summed E-state index contributed by atoms with van der Waals surface area (Å²) in [5.74, 6) is 1.11. The van der Waals surface area contributed by atoms with Crippen molar-refractivity contribution in [3.05, 3.63) is 18.2 Å². The summed E-state index contributed by atoms with van der Waals surface area (Å²) < 4.78 is 0. The highest BCUT2D eigenvalue weighted by molar-refractivity contribution is 5.03. The summed E-state index contributed by atoms with van der Waals surface area (Å²) in [6.45, 7) is 6.74. The fourth-order valence-electron chi connectivity index (χ4n) is 1.57. The van der Waals surface area contributed by atoms with E-state index >= 15 is 0 Å². The first-order chi connectivity index (χ1) is 6.17. The molecule has 1 N–H and O–H groups in total. The standard InChI is InChI=1S/C11H20N2/c1-4-5-6-7-11(2,3)10-12-8-9-13-10/h8-9H,4-7H2,1-3H3,(H,12,13). The Balaban J connectivity index is 2.46. The summed E-state index contributed by atoms with van der Waals surface area (Å²) in [5.41, 5.74) is 0.207. The maximum Gasteiger partial charge on any atom is 0.111 e. The molecule has 0 fully saturated rings. The zero-order valence-corrected chi connectivity index (χ0v) is 8.93. The Labute approximate surface area is 80.8 Å². The van der Waals surface area contributed by atoms with E-state index in [0.717, 1.165) is 5.82 Å². The molecular weight excluding hydrogens is 160 g/mol. The van der Waals surface area contributed by atoms with Crippen molar-refractivity contribution in [3.8, 4) is 0 Å². The number of hydrogen-bond acceptors (Lipinski definition) is 1. The molecule has 1 aromatic rings. The predicted octanol–water partition coefficient (Wildman–Crippen LogP) is 3.27. The predicted molar refractivity (Wildman–Crippen MR) is 55.8 cm³/mol. The van der Waals surface area contributed by atoms with E-state index in [1.165, 1.54) is 25.7 Å². The fraction of sp³-hybridized carbons (Fsp3) is 0.727. The number of H-pyrrole nitrogens is 1. The zero-order chi connectivity index (χ0) is 9.73. The average Bonchev–Trinajstić information content (AvgIpc) is 2.56. The van der Waals surface area contributed by atoms with Crippen LogP contribution in [0.4, 0.5) is 0 Å². The topological polar surface area (TPSA) is 28.7 Å². The third-order valence-corrected chi connectivity index (χ3v) is 2.54. The van der Waals surface area contributed by atoms with Gasteiger partial charge in [-0.3, -0.25) is 0 Å². The molecule has 13 heavy (non-hydrogen) atoms. The van der Waals surface area contributed by atoms with Crippen LogP contribution in [-0.2, 0) is 5.41 Å². The van der Waals surface area contributed by atoms with Gasteiger partial charge in [-0.05, 0) is 6.42 Å². The summed E-state index contributed by atoms with van der Waals surface area (Å²) in [7, 11) is 0. The fourth-order valence-corrected chi connectivity index (χ4v) is 1.57. The average molecular weight is 180 g/mol. The quantitative estimate of drug-likeness (QED) is 0.692. The van der Waals surface area contributed by atoms with Gasteiger partial charge in [0.25, 0.3) is 0 Å². The second kappa shape index (κ2) is 4.45. The molecule has 0 aliphatic heterocycles. The van der Waals surface area contributed by atoms with Crippen molar-refractivity contribution >= 4 is 0 Å². The minimum Gasteiger partial charge on any atom is -0.348 e. The monoisotopic (exact) mass is 180 g/mol. The minimum atomic E-state index is 0.207. The van der Waals surface area contributed by atoms with E-state index in [9.17, 15) is 0 Å². The van der Waals surface area contributed by atoms with E-state index in [4.69, 9.17) is 0 Å². The highest BCUT2D eigenvalue weighted by Crippen LogP contribution is 2.25. The van der Waals surface area contributed by atoms with Crippen LogP contribution in [0.2, 0.25) is 0 Å². The Morgan fingerprint density at radius 3 is 2.69 bits per heavy atom. The molecule has 0 spiro atoms. The number of aromatic nitrogens is 2. The van der Waals surface area contributed by atoms with Crippen molar-refractivity contribution in [2.24, 2.45) is 0 Å². The summed E-state index contributed by atoms with van der Waals surface area (Å²) in [4.78, 5) is 7.50. The molecule has 0 saturated carbocycles. The lowest BCUT2D eigenvalue weighted by Crippen LogP contribution is -2.18. The van der Waals surface area contributed by atoms with Gasteiger partial charge in [-0.1, -0.05) is 40.0 Å². The van der Waals surface area contributed by atoms with E-state index < -0.39 is 0 Å². The van der Waals surface area contributed by atoms with E-state index in [1.54, 1.807) is 0 Å². The molecule has 0 radical (unpaired) electrons. The van der Waals surface area contributed by atoms with Crippen LogP contribution in [0.1, 0.15) is 52.3 Å². The minimum absolute atomic E-state index is 0.207. The molecule has 2 nitrogen and oxygen atoms in total. The van der Waals surface area contributed by atoms with Crippen LogP contribution in [0.25, 0.3) is 0 Å². The number of rotatable bonds is 5. The molecule has 0 atom stereocenters. The first-order valence-corrected chi connectivity index (χ1v) is 5.16. The summed E-state index contributed by atoms with van der Waals surface area (Å²) in [6, 6.07) is 0. The Morgan fingerprint density at radius 1 is 1.38 bits per heavy atom. The van der Waals surface area contributed by atoms with Crippen LogP contribution in [0.5, 0.6) is 0 Å². The largest absolute Gasteiger partial charge is 0.348 e. The van der Waals surface area contributed by atoms with Gasteiger partial charge in [-0.2, -0.15) is 0 Å². The van der Waals surface area contributed by atoms with Crippen molar-refractivity contribution in [2.75, 3.05) is 0 Å². The molecular formula is C11H20N2. The molecule has 0 bridgehead atoms. The number of nitrogens with one attached hydrogen (secondary N) is 1. The van der Waals surface area contributed by atoms with Crippen LogP contribution in [-0.4, -0.2) is 9.97 Å². The number of imidazole rings is 1. The Hall–Kier alpha value is -0.790. The van der Waals surface area contributed by atoms with Crippen LogP contribution in [0, 0.1) is 0 Å². The van der Waals surface area contributed by atoms with Gasteiger partial charge < -0.3 is 4.98 Å². The number of unbranched alkanes of at least 4 members (excludes halogenated alkanes) is 2. The van der Waals surface area contributed by atoms with Gasteiger partial charge >= 0.3 is 0 Å². The van der Waals surface area contributed by atoms with Crippen LogP contribution in [0.3, 0.4) is 0 Å². The van der Waals surface area contributed by atoms with Gasteiger partial charge in [0.2, 0.25) is 0 Å². The van der Waals surface area contributed by atoms with E-state index in [-0.39, 0.29) is 5.41 Å². The molecule has 74 valence electrons. The molecule has 2 heteroatoms. The molecule has 1 rings (SSSR count). The highest BCUT2D eigenvalue weighted by atomic mass is 14.9. The summed E-state index contributed by atoms with van der Waals surface area (Å²) >= 11 is 0. The Morgan fingerprint density at radius 2 is 2.15 bits per heavy atom. The number of aromatic amines is 1. The maximum absolute atomic E-state index is 4.31. The smallest absolute Gasteiger partial charge is 0.111 e. The van der Waals surface area contributed by atoms with Crippen molar-refractivity contribution in [2.45, 2.75) is 51.9 Å². The second-order valence-corrected chi connectivity index (χ2v) is 4.28. The number of hydrogen-bond donors (Lipinski definition) is 1. The zero-order valence-electron chi connectivity index (χ0n) is 8.93. The molecule has 0 saturated heterocycles. The third-order valence-electron chi connectivity index (χ3n) is 2.54. The van der Waals surface area contributed by atoms with Crippen LogP contribution < -0.4 is 0 Å². The summed E-state index contributed by atoms with van der Waals surface area (Å²) in [6.07, 6.45) is 8.85. The van der Waals surface area contributed by atoms with Gasteiger partial charge in [-0.15, -0.1) is 0 Å². The van der Waals surface area contributed by atoms with Crippen molar-refractivity contribution in [3.63, 3.8) is 0 Å². The van der Waals surface area contributed by atoms with E-state index in [2.05, 4.69) is 30.7 Å². The lowest BCUT2D eigenvalue weighted by atomic mass is 9.86. The van der Waals surface area contributed by atoms with Crippen LogP contribution >= 0.6 is 0 Å². The van der Waals surface area contributed by atoms with E-state index in [0.29, 0.717) is 0 Å². The maximum atomic E-state index is 4.31. The van der Waals surface area contributed by atoms with Gasteiger partial charge in [-0.25, -0.2) is 4.98 Å². The Kier molecular flexibility index (Phi) is 3.52. The molecule has 0 aromatic carbocycles. The molecule has 1 heterocycles. The Bertz CT molecular complexity index is 224. The van der Waals surface area contributed by atoms with Crippen LogP contribution in [0.15, 0.2) is 12.4 Å². The molecule has 0 aliphatic carbocycles. The highest BCUT2D eigenvalue weighted by Gasteiger charge is 2.21. The lowest BCUT2D eigenvalue weighted by Gasteiger charge is -2.21. The SMILES string of the molecule is CCCCCC(C)(C)c1ncc[nH]1. The number of nitrogens with zero attached hydrogens (tertiary/aromatic N) is 1. The van der Waals surface area contributed by atoms with Gasteiger partial charge in [0.1, 0.15) is 5.82 Å². The normalized spacial score (nSPS) is 11.9. The van der Waals surface area contributed by atoms with Gasteiger partial charge in [0, 0.05) is 17.8 Å². The second-order valence-electron chi connectivity index (χ2n) is 4.28. The first kappa shape index (κ1) is 10.3. The van der Waals surface area contributed by atoms with Crippen molar-refractivity contribution < 1.29 is 0 Å². The van der Waals surface area contributed by atoms with Crippen molar-refractivity contribution in [1.82, 2.24) is 9.97 Å². The lowest BCUT2D eigenvalue weighted by molar-refractivity contribution is 0.429.